The van der Waals surface area contributed by atoms with Crippen LogP contribution in [0.3, 0.4) is 0 Å². The average Bonchev–Trinajstić information content (AvgIpc) is 3.25. The zero-order valence-electron chi connectivity index (χ0n) is 27.7. The van der Waals surface area contributed by atoms with Crippen LogP contribution in [0.25, 0.3) is 0 Å². The molecule has 0 heterocycles. The normalized spacial score (nSPS) is 8.00. The standard InChI is InChI=1S/8C6H6/c8*1-2-4-6-5-3-1/h8*1-6H. The van der Waals surface area contributed by atoms with Gasteiger partial charge in [0.05, 0.1) is 0 Å². The monoisotopic (exact) mass is 624 g/mol. The highest BCUT2D eigenvalue weighted by molar-refractivity contribution is 5.03. The zero-order chi connectivity index (χ0) is 33.9. The lowest BCUT2D eigenvalue weighted by Crippen LogP contribution is -1.47. The molecule has 0 aliphatic heterocycles. The predicted octanol–water partition coefficient (Wildman–Crippen LogP) is 13.5. The highest BCUT2D eigenvalue weighted by Crippen LogP contribution is 1.84. The molecule has 240 valence electrons. The summed E-state index contributed by atoms with van der Waals surface area (Å²) >= 11 is 0. The van der Waals surface area contributed by atoms with Crippen molar-refractivity contribution in [2.24, 2.45) is 0 Å². The predicted molar refractivity (Wildman–Crippen MR) is 212 cm³/mol. The molecule has 0 radical (unpaired) electrons. The van der Waals surface area contributed by atoms with Gasteiger partial charge in [-0.2, -0.15) is 0 Å². The van der Waals surface area contributed by atoms with Crippen molar-refractivity contribution in [3.63, 3.8) is 0 Å². The molecule has 48 heavy (non-hydrogen) atoms. The first-order chi connectivity index (χ1) is 24.0. The van der Waals surface area contributed by atoms with Crippen LogP contribution in [0.4, 0.5) is 0 Å². The molecule has 8 aromatic rings. The van der Waals surface area contributed by atoms with Gasteiger partial charge >= 0.3 is 0 Å². The number of rotatable bonds is 0. The summed E-state index contributed by atoms with van der Waals surface area (Å²) in [6, 6.07) is 96.0. The van der Waals surface area contributed by atoms with E-state index in [9.17, 15) is 0 Å². The fourth-order valence-electron chi connectivity index (χ4n) is 3.08. The maximum atomic E-state index is 2.00. The fourth-order valence-corrected chi connectivity index (χ4v) is 3.08. The minimum absolute atomic E-state index is 2.00. The van der Waals surface area contributed by atoms with Crippen molar-refractivity contribution < 1.29 is 0 Å². The molecule has 0 atom stereocenters. The maximum absolute atomic E-state index is 2.00. The summed E-state index contributed by atoms with van der Waals surface area (Å²) in [5.74, 6) is 0. The zero-order valence-corrected chi connectivity index (χ0v) is 27.7. The van der Waals surface area contributed by atoms with Crippen molar-refractivity contribution in [2.45, 2.75) is 0 Å². The van der Waals surface area contributed by atoms with Crippen LogP contribution in [0, 0.1) is 0 Å². The molecule has 0 aromatic heterocycles. The van der Waals surface area contributed by atoms with E-state index in [0.29, 0.717) is 0 Å². The van der Waals surface area contributed by atoms with E-state index in [1.807, 2.05) is 291 Å². The van der Waals surface area contributed by atoms with Gasteiger partial charge in [0.1, 0.15) is 0 Å². The van der Waals surface area contributed by atoms with Gasteiger partial charge in [0.2, 0.25) is 0 Å². The second kappa shape index (κ2) is 36.9. The topological polar surface area (TPSA) is 0 Å². The lowest BCUT2D eigenvalue weighted by Gasteiger charge is -1.69. The third kappa shape index (κ3) is 34.3. The van der Waals surface area contributed by atoms with Gasteiger partial charge in [-0.1, -0.05) is 291 Å². The molecule has 0 aliphatic carbocycles. The lowest BCUT2D eigenvalue weighted by atomic mass is 10.4. The summed E-state index contributed by atoms with van der Waals surface area (Å²) in [7, 11) is 0. The molecule has 0 amide bonds. The van der Waals surface area contributed by atoms with E-state index in [1.165, 1.54) is 0 Å². The van der Waals surface area contributed by atoms with Crippen LogP contribution in [0.1, 0.15) is 0 Å². The Balaban J connectivity index is 0.000000274. The van der Waals surface area contributed by atoms with Crippen LogP contribution in [0.15, 0.2) is 291 Å². The molecule has 8 rings (SSSR count). The molecular weight excluding hydrogens is 577 g/mol. The van der Waals surface area contributed by atoms with E-state index in [1.54, 1.807) is 0 Å². The van der Waals surface area contributed by atoms with Crippen LogP contribution >= 0.6 is 0 Å². The Bertz CT molecular complexity index is 954. The van der Waals surface area contributed by atoms with Gasteiger partial charge in [0.25, 0.3) is 0 Å². The Hall–Kier alpha value is -6.24. The first kappa shape index (κ1) is 39.8. The van der Waals surface area contributed by atoms with Gasteiger partial charge in [0.15, 0.2) is 0 Å². The Morgan fingerprint density at radius 1 is 0.0417 bits per heavy atom. The quantitative estimate of drug-likeness (QED) is 0.157. The largest absolute Gasteiger partial charge is 0.0623 e. The van der Waals surface area contributed by atoms with E-state index in [0.717, 1.165) is 0 Å². The van der Waals surface area contributed by atoms with Gasteiger partial charge in [-0.15, -0.1) is 0 Å². The summed E-state index contributed by atoms with van der Waals surface area (Å²) in [6.45, 7) is 0. The molecule has 0 heteroatoms. The molecule has 0 bridgehead atoms. The molecule has 0 N–H and O–H groups in total. The first-order valence-corrected chi connectivity index (χ1v) is 16.0. The van der Waals surface area contributed by atoms with E-state index in [2.05, 4.69) is 0 Å². The molecule has 0 unspecified atom stereocenters. The van der Waals surface area contributed by atoms with Gasteiger partial charge in [-0.25, -0.2) is 0 Å². The molecule has 0 fully saturated rings. The molecule has 0 aliphatic rings. The third-order valence-corrected chi connectivity index (χ3v) is 5.33. The van der Waals surface area contributed by atoms with E-state index in [-0.39, 0.29) is 0 Å². The van der Waals surface area contributed by atoms with Gasteiger partial charge in [-0.3, -0.25) is 0 Å². The van der Waals surface area contributed by atoms with Crippen LogP contribution in [0.2, 0.25) is 0 Å². The molecule has 8 aromatic carbocycles. The molecule has 0 nitrogen and oxygen atoms in total. The maximum Gasteiger partial charge on any atom is -0.0623 e. The molecular formula is C48H48. The molecule has 0 saturated carbocycles. The Kier molecular flexibility index (Phi) is 30.6. The van der Waals surface area contributed by atoms with Crippen molar-refractivity contribution in [3.05, 3.63) is 291 Å². The summed E-state index contributed by atoms with van der Waals surface area (Å²) in [4.78, 5) is 0. The smallest absolute Gasteiger partial charge is 0.0623 e. The van der Waals surface area contributed by atoms with E-state index >= 15 is 0 Å². The summed E-state index contributed by atoms with van der Waals surface area (Å²) < 4.78 is 0. The second-order valence-corrected chi connectivity index (χ2v) is 9.24. The van der Waals surface area contributed by atoms with Crippen LogP contribution in [-0.2, 0) is 0 Å². The van der Waals surface area contributed by atoms with Gasteiger partial charge in [-0.05, 0) is 0 Å². The Labute approximate surface area is 290 Å². The van der Waals surface area contributed by atoms with Crippen LogP contribution < -0.4 is 0 Å². The average molecular weight is 625 g/mol. The number of hydrogen-bond donors (Lipinski definition) is 0. The van der Waals surface area contributed by atoms with Crippen LogP contribution in [-0.4, -0.2) is 0 Å². The van der Waals surface area contributed by atoms with Gasteiger partial charge < -0.3 is 0 Å². The minimum atomic E-state index is 2.00. The van der Waals surface area contributed by atoms with Crippen molar-refractivity contribution in [1.29, 1.82) is 0 Å². The first-order valence-electron chi connectivity index (χ1n) is 16.0. The fraction of sp³-hybridized carbons (Fsp3) is 0. The Morgan fingerprint density at radius 3 is 0.0833 bits per heavy atom. The summed E-state index contributed by atoms with van der Waals surface area (Å²) in [5, 5.41) is 0. The highest BCUT2D eigenvalue weighted by atomic mass is 13.7. The molecule has 0 spiro atoms. The number of hydrogen-bond acceptors (Lipinski definition) is 0. The van der Waals surface area contributed by atoms with Crippen molar-refractivity contribution in [1.82, 2.24) is 0 Å². The number of benzene rings is 8. The highest BCUT2D eigenvalue weighted by Gasteiger charge is 1.62. The van der Waals surface area contributed by atoms with E-state index in [4.69, 9.17) is 0 Å². The summed E-state index contributed by atoms with van der Waals surface area (Å²) in [6.07, 6.45) is 0. The van der Waals surface area contributed by atoms with Crippen molar-refractivity contribution in [2.75, 3.05) is 0 Å². The van der Waals surface area contributed by atoms with E-state index < -0.39 is 0 Å². The van der Waals surface area contributed by atoms with Gasteiger partial charge in [0, 0.05) is 0 Å². The third-order valence-electron chi connectivity index (χ3n) is 5.33. The van der Waals surface area contributed by atoms with Crippen LogP contribution in [0.5, 0.6) is 0 Å². The van der Waals surface area contributed by atoms with Crippen molar-refractivity contribution >= 4 is 0 Å². The SMILES string of the molecule is c1ccccc1.c1ccccc1.c1ccccc1.c1ccccc1.c1ccccc1.c1ccccc1.c1ccccc1.c1ccccc1. The Morgan fingerprint density at radius 2 is 0.0625 bits per heavy atom. The lowest BCUT2D eigenvalue weighted by molar-refractivity contribution is 1.72. The molecule has 0 saturated heterocycles. The minimum Gasteiger partial charge on any atom is -0.0623 e. The second-order valence-electron chi connectivity index (χ2n) is 9.24. The summed E-state index contributed by atoms with van der Waals surface area (Å²) in [5.41, 5.74) is 0. The van der Waals surface area contributed by atoms with Crippen molar-refractivity contribution in [3.8, 4) is 0 Å².